The van der Waals surface area contributed by atoms with Gasteiger partial charge in [-0.25, -0.2) is 32.5 Å². The van der Waals surface area contributed by atoms with Gasteiger partial charge in [-0.15, -0.1) is 0 Å². The fraction of sp³-hybridized carbons (Fsp3) is 0.333. The van der Waals surface area contributed by atoms with Crippen LogP contribution in [0.1, 0.15) is 48.1 Å². The fourth-order valence-corrected chi connectivity index (χ4v) is 3.78. The van der Waals surface area contributed by atoms with E-state index in [0.29, 0.717) is 11.5 Å². The first kappa shape index (κ1) is 23.6. The van der Waals surface area contributed by atoms with Gasteiger partial charge in [0.25, 0.3) is 11.8 Å². The summed E-state index contributed by atoms with van der Waals surface area (Å²) in [7, 11) is 0. The van der Waals surface area contributed by atoms with Gasteiger partial charge in [0.05, 0.1) is 17.8 Å². The van der Waals surface area contributed by atoms with E-state index in [1.807, 2.05) is 13.8 Å². The third-order valence-electron chi connectivity index (χ3n) is 5.51. The number of rotatable bonds is 5. The molecule has 6 nitrogen and oxygen atoms in total. The van der Waals surface area contributed by atoms with E-state index in [1.54, 1.807) is 6.92 Å². The Labute approximate surface area is 194 Å². The second-order valence-electron chi connectivity index (χ2n) is 8.60. The molecule has 0 spiro atoms. The molecule has 178 valence electrons. The number of halogens is 4. The Kier molecular flexibility index (Phi) is 6.24. The molecular weight excluding hydrogens is 450 g/mol. The third kappa shape index (κ3) is 4.85. The SMILES string of the molecule is Cc1cc(-c2cc(F)ccc2F)c(NC(=O)c2cnc(C(C)C)nc2)c(N2CCC(F)(F)C2)n1. The lowest BCUT2D eigenvalue weighted by atomic mass is 10.0. The maximum atomic E-state index is 14.7. The molecule has 0 aliphatic carbocycles. The number of benzene rings is 1. The molecule has 1 aliphatic rings. The van der Waals surface area contributed by atoms with Crippen molar-refractivity contribution in [2.45, 2.75) is 39.0 Å². The van der Waals surface area contributed by atoms with Crippen LogP contribution in [0.3, 0.4) is 0 Å². The van der Waals surface area contributed by atoms with E-state index in [1.165, 1.54) is 23.4 Å². The first-order chi connectivity index (χ1) is 16.0. The molecule has 1 aromatic carbocycles. The number of nitrogens with zero attached hydrogens (tertiary/aromatic N) is 4. The van der Waals surface area contributed by atoms with E-state index in [9.17, 15) is 22.4 Å². The molecule has 0 bridgehead atoms. The molecule has 1 N–H and O–H groups in total. The number of hydrogen-bond acceptors (Lipinski definition) is 5. The average Bonchev–Trinajstić information content (AvgIpc) is 3.15. The van der Waals surface area contributed by atoms with Crippen molar-refractivity contribution in [3.63, 3.8) is 0 Å². The predicted octanol–water partition coefficient (Wildman–Crippen LogP) is 5.35. The third-order valence-corrected chi connectivity index (χ3v) is 5.51. The molecule has 1 aliphatic heterocycles. The van der Waals surface area contributed by atoms with Crippen LogP contribution >= 0.6 is 0 Å². The smallest absolute Gasteiger partial charge is 0.266 e. The summed E-state index contributed by atoms with van der Waals surface area (Å²) in [6.45, 7) is 4.81. The minimum atomic E-state index is -2.93. The van der Waals surface area contributed by atoms with Crippen LogP contribution in [0.5, 0.6) is 0 Å². The lowest BCUT2D eigenvalue weighted by Crippen LogP contribution is -2.27. The molecule has 4 rings (SSSR count). The molecule has 3 heterocycles. The van der Waals surface area contributed by atoms with Crippen molar-refractivity contribution in [3.8, 4) is 11.1 Å². The maximum Gasteiger partial charge on any atom is 0.266 e. The van der Waals surface area contributed by atoms with E-state index in [4.69, 9.17) is 0 Å². The Hall–Kier alpha value is -3.56. The summed E-state index contributed by atoms with van der Waals surface area (Å²) in [5.74, 6) is -4.31. The molecule has 34 heavy (non-hydrogen) atoms. The Morgan fingerprint density at radius 1 is 1.12 bits per heavy atom. The summed E-state index contributed by atoms with van der Waals surface area (Å²) in [4.78, 5) is 27.1. The zero-order valence-electron chi connectivity index (χ0n) is 18.9. The average molecular weight is 473 g/mol. The highest BCUT2D eigenvalue weighted by Gasteiger charge is 2.40. The van der Waals surface area contributed by atoms with Crippen LogP contribution in [0.4, 0.5) is 29.1 Å². The van der Waals surface area contributed by atoms with Crippen LogP contribution in [-0.2, 0) is 0 Å². The minimum Gasteiger partial charge on any atom is -0.349 e. The van der Waals surface area contributed by atoms with Crippen molar-refractivity contribution in [2.75, 3.05) is 23.3 Å². The van der Waals surface area contributed by atoms with Crippen molar-refractivity contribution in [1.82, 2.24) is 15.0 Å². The van der Waals surface area contributed by atoms with Gasteiger partial charge in [0, 0.05) is 48.1 Å². The topological polar surface area (TPSA) is 71.0 Å². The molecule has 0 saturated carbocycles. The molecule has 1 saturated heterocycles. The zero-order valence-corrected chi connectivity index (χ0v) is 18.9. The number of anilines is 2. The zero-order chi connectivity index (χ0) is 24.6. The molecule has 1 fully saturated rings. The number of pyridine rings is 1. The van der Waals surface area contributed by atoms with E-state index in [0.717, 1.165) is 18.2 Å². The van der Waals surface area contributed by atoms with Crippen molar-refractivity contribution >= 4 is 17.4 Å². The summed E-state index contributed by atoms with van der Waals surface area (Å²) in [6, 6.07) is 4.40. The quantitative estimate of drug-likeness (QED) is 0.506. The van der Waals surface area contributed by atoms with Gasteiger partial charge < -0.3 is 10.2 Å². The summed E-state index contributed by atoms with van der Waals surface area (Å²) >= 11 is 0. The van der Waals surface area contributed by atoms with Crippen molar-refractivity contribution < 1.29 is 22.4 Å². The number of aryl methyl sites for hydroxylation is 1. The number of hydrogen-bond donors (Lipinski definition) is 1. The predicted molar refractivity (Wildman–Crippen MR) is 120 cm³/mol. The molecular formula is C24H23F4N5O. The summed E-state index contributed by atoms with van der Waals surface area (Å²) in [5, 5.41) is 2.66. The lowest BCUT2D eigenvalue weighted by Gasteiger charge is -2.24. The highest BCUT2D eigenvalue weighted by Crippen LogP contribution is 2.40. The summed E-state index contributed by atoms with van der Waals surface area (Å²) in [6.07, 6.45) is 2.32. The van der Waals surface area contributed by atoms with Crippen molar-refractivity contribution in [1.29, 1.82) is 0 Å². The van der Waals surface area contributed by atoms with Gasteiger partial charge in [-0.05, 0) is 31.2 Å². The molecule has 10 heteroatoms. The van der Waals surface area contributed by atoms with Crippen LogP contribution in [0.25, 0.3) is 11.1 Å². The standard InChI is InChI=1S/C24H23F4N5O/c1-13(2)21-29-10-15(11-30-21)23(34)32-20-18(17-9-16(25)4-5-19(17)26)8-14(3)31-22(20)33-7-6-24(27,28)12-33/h4-5,8-11,13H,6-7,12H2,1-3H3,(H,32,34). The van der Waals surface area contributed by atoms with E-state index >= 15 is 0 Å². The Morgan fingerprint density at radius 3 is 2.44 bits per heavy atom. The fourth-order valence-electron chi connectivity index (χ4n) is 3.78. The van der Waals surface area contributed by atoms with Gasteiger partial charge in [0.15, 0.2) is 5.82 Å². The van der Waals surface area contributed by atoms with Crippen LogP contribution in [0.2, 0.25) is 0 Å². The normalized spacial score (nSPS) is 15.1. The van der Waals surface area contributed by atoms with Crippen LogP contribution < -0.4 is 10.2 Å². The molecule has 2 aromatic heterocycles. The van der Waals surface area contributed by atoms with Crippen LogP contribution in [-0.4, -0.2) is 39.9 Å². The number of aromatic nitrogens is 3. The van der Waals surface area contributed by atoms with Gasteiger partial charge in [0.1, 0.15) is 17.5 Å². The molecule has 1 amide bonds. The maximum absolute atomic E-state index is 14.7. The van der Waals surface area contributed by atoms with E-state index in [2.05, 4.69) is 20.3 Å². The number of carbonyl (C=O) groups excluding carboxylic acids is 1. The van der Waals surface area contributed by atoms with Gasteiger partial charge in [-0.2, -0.15) is 0 Å². The van der Waals surface area contributed by atoms with Gasteiger partial charge >= 0.3 is 0 Å². The summed E-state index contributed by atoms with van der Waals surface area (Å²) < 4.78 is 56.7. The number of alkyl halides is 2. The monoisotopic (exact) mass is 473 g/mol. The number of amides is 1. The van der Waals surface area contributed by atoms with Gasteiger partial charge in [0.2, 0.25) is 0 Å². The van der Waals surface area contributed by atoms with Crippen molar-refractivity contribution in [2.24, 2.45) is 0 Å². The first-order valence-electron chi connectivity index (χ1n) is 10.8. The van der Waals surface area contributed by atoms with Crippen LogP contribution in [0.15, 0.2) is 36.7 Å². The lowest BCUT2D eigenvalue weighted by molar-refractivity contribution is 0.0257. The molecule has 0 radical (unpaired) electrons. The summed E-state index contributed by atoms with van der Waals surface area (Å²) in [5.41, 5.74) is 0.521. The van der Waals surface area contributed by atoms with Crippen molar-refractivity contribution in [3.05, 3.63) is 65.4 Å². The second-order valence-corrected chi connectivity index (χ2v) is 8.60. The van der Waals surface area contributed by atoms with Gasteiger partial charge in [-0.3, -0.25) is 4.79 Å². The largest absolute Gasteiger partial charge is 0.349 e. The Balaban J connectivity index is 1.82. The van der Waals surface area contributed by atoms with Gasteiger partial charge in [-0.1, -0.05) is 13.8 Å². The molecule has 3 aromatic rings. The van der Waals surface area contributed by atoms with E-state index in [-0.39, 0.29) is 47.1 Å². The number of nitrogens with one attached hydrogen (secondary N) is 1. The first-order valence-corrected chi connectivity index (χ1v) is 10.8. The van der Waals surface area contributed by atoms with Crippen LogP contribution in [0, 0.1) is 18.6 Å². The Morgan fingerprint density at radius 2 is 1.82 bits per heavy atom. The molecule has 0 atom stereocenters. The number of carbonyl (C=O) groups is 1. The Bertz CT molecular complexity index is 1230. The van der Waals surface area contributed by atoms with E-state index < -0.39 is 30.0 Å². The molecule has 0 unspecified atom stereocenters. The highest BCUT2D eigenvalue weighted by atomic mass is 19.3. The second kappa shape index (κ2) is 9.00. The highest BCUT2D eigenvalue weighted by molar-refractivity contribution is 6.08. The minimum absolute atomic E-state index is 0.00531.